The number of hydrogen-bond donors (Lipinski definition) is 0. The van der Waals surface area contributed by atoms with Gasteiger partial charge in [0.1, 0.15) is 0 Å². The van der Waals surface area contributed by atoms with Crippen molar-refractivity contribution in [3.8, 4) is 0 Å². The molecule has 0 N–H and O–H groups in total. The molecule has 0 spiro atoms. The van der Waals surface area contributed by atoms with Crippen LogP contribution in [0.25, 0.3) is 0 Å². The molecule has 0 saturated carbocycles. The van der Waals surface area contributed by atoms with Crippen LogP contribution in [0.1, 0.15) is 32.6 Å². The third-order valence-corrected chi connectivity index (χ3v) is 3.63. The van der Waals surface area contributed by atoms with Crippen molar-refractivity contribution < 1.29 is 9.59 Å². The van der Waals surface area contributed by atoms with Gasteiger partial charge < -0.3 is 9.80 Å². The van der Waals surface area contributed by atoms with Crippen LogP contribution in [0.15, 0.2) is 0 Å². The molecule has 2 amide bonds. The molecule has 1 unspecified atom stereocenters. The van der Waals surface area contributed by atoms with Crippen molar-refractivity contribution in [2.24, 2.45) is 5.92 Å². The van der Waals surface area contributed by atoms with E-state index >= 15 is 0 Å². The van der Waals surface area contributed by atoms with Crippen molar-refractivity contribution in [2.45, 2.75) is 32.6 Å². The molecule has 0 aromatic carbocycles. The lowest BCUT2D eigenvalue weighted by Gasteiger charge is -2.33. The highest BCUT2D eigenvalue weighted by Gasteiger charge is 2.31. The fraction of sp³-hybridized carbons (Fsp3) is 0.833. The van der Waals surface area contributed by atoms with Gasteiger partial charge in [-0.1, -0.05) is 0 Å². The van der Waals surface area contributed by atoms with E-state index in [0.29, 0.717) is 6.54 Å². The van der Waals surface area contributed by atoms with Gasteiger partial charge in [0.25, 0.3) is 0 Å². The van der Waals surface area contributed by atoms with Gasteiger partial charge in [-0.3, -0.25) is 9.59 Å². The summed E-state index contributed by atoms with van der Waals surface area (Å²) >= 11 is 0. The zero-order valence-electron chi connectivity index (χ0n) is 9.95. The monoisotopic (exact) mass is 224 g/mol. The highest BCUT2D eigenvalue weighted by molar-refractivity contribution is 5.81. The molecule has 1 atom stereocenters. The first-order chi connectivity index (χ1) is 7.68. The number of nitrogens with zero attached hydrogens (tertiary/aromatic N) is 2. The van der Waals surface area contributed by atoms with E-state index in [2.05, 4.69) is 0 Å². The minimum absolute atomic E-state index is 0.0516. The van der Waals surface area contributed by atoms with Gasteiger partial charge in [-0.05, 0) is 25.7 Å². The summed E-state index contributed by atoms with van der Waals surface area (Å²) in [5.41, 5.74) is 0. The van der Waals surface area contributed by atoms with Gasteiger partial charge in [-0.25, -0.2) is 0 Å². The van der Waals surface area contributed by atoms with Gasteiger partial charge in [0.05, 0.1) is 5.92 Å². The molecule has 4 heteroatoms. The maximum atomic E-state index is 12.2. The summed E-state index contributed by atoms with van der Waals surface area (Å²) in [4.78, 5) is 27.2. The van der Waals surface area contributed by atoms with Gasteiger partial charge in [-0.15, -0.1) is 0 Å². The van der Waals surface area contributed by atoms with Crippen LogP contribution in [0, 0.1) is 5.92 Å². The molecule has 0 aromatic heterocycles. The largest absolute Gasteiger partial charge is 0.342 e. The van der Waals surface area contributed by atoms with E-state index in [-0.39, 0.29) is 17.7 Å². The van der Waals surface area contributed by atoms with Crippen LogP contribution in [0.3, 0.4) is 0 Å². The molecule has 2 fully saturated rings. The van der Waals surface area contributed by atoms with Crippen LogP contribution in [0.2, 0.25) is 0 Å². The summed E-state index contributed by atoms with van der Waals surface area (Å²) in [5, 5.41) is 0. The lowest BCUT2D eigenvalue weighted by molar-refractivity contribution is -0.139. The Labute approximate surface area is 96.6 Å². The van der Waals surface area contributed by atoms with E-state index in [9.17, 15) is 9.59 Å². The van der Waals surface area contributed by atoms with Gasteiger partial charge in [0.2, 0.25) is 11.8 Å². The summed E-state index contributed by atoms with van der Waals surface area (Å²) in [6.07, 6.45) is 4.17. The summed E-state index contributed by atoms with van der Waals surface area (Å²) in [5.74, 6) is 0.415. The standard InChI is InChI=1S/C12H20N2O2/c1-10(15)14-8-4-5-11(9-14)12(16)13-6-2-3-7-13/h11H,2-9H2,1H3. The van der Waals surface area contributed by atoms with E-state index in [4.69, 9.17) is 0 Å². The maximum Gasteiger partial charge on any atom is 0.227 e. The molecule has 2 aliphatic heterocycles. The molecular formula is C12H20N2O2. The minimum atomic E-state index is 0.0516. The minimum Gasteiger partial charge on any atom is -0.342 e. The highest BCUT2D eigenvalue weighted by atomic mass is 16.2. The number of carbonyl (C=O) groups is 2. The topological polar surface area (TPSA) is 40.6 Å². The van der Waals surface area contributed by atoms with E-state index < -0.39 is 0 Å². The van der Waals surface area contributed by atoms with Crippen molar-refractivity contribution in [1.82, 2.24) is 9.80 Å². The molecule has 4 nitrogen and oxygen atoms in total. The Hall–Kier alpha value is -1.06. The van der Waals surface area contributed by atoms with Crippen molar-refractivity contribution in [3.63, 3.8) is 0 Å². The normalized spacial score (nSPS) is 25.9. The quantitative estimate of drug-likeness (QED) is 0.663. The zero-order chi connectivity index (χ0) is 11.5. The molecule has 0 aromatic rings. The summed E-state index contributed by atoms with van der Waals surface area (Å²) in [6.45, 7) is 4.86. The average Bonchev–Trinajstić information content (AvgIpc) is 2.81. The smallest absolute Gasteiger partial charge is 0.227 e. The van der Waals surface area contributed by atoms with Crippen molar-refractivity contribution in [2.75, 3.05) is 26.2 Å². The molecular weight excluding hydrogens is 204 g/mol. The average molecular weight is 224 g/mol. The van der Waals surface area contributed by atoms with Crippen LogP contribution in [0.4, 0.5) is 0 Å². The number of carbonyl (C=O) groups excluding carboxylic acids is 2. The second-order valence-electron chi connectivity index (χ2n) is 4.84. The van der Waals surface area contributed by atoms with E-state index in [1.165, 1.54) is 0 Å². The van der Waals surface area contributed by atoms with Gasteiger partial charge in [-0.2, -0.15) is 0 Å². The predicted octanol–water partition coefficient (Wildman–Crippen LogP) is 0.867. The second kappa shape index (κ2) is 4.85. The molecule has 90 valence electrons. The molecule has 2 aliphatic rings. The number of likely N-dealkylation sites (tertiary alicyclic amines) is 2. The zero-order valence-corrected chi connectivity index (χ0v) is 9.95. The molecule has 0 bridgehead atoms. The fourth-order valence-corrected chi connectivity index (χ4v) is 2.66. The Morgan fingerprint density at radius 2 is 1.62 bits per heavy atom. The number of piperidine rings is 1. The Kier molecular flexibility index (Phi) is 3.46. The predicted molar refractivity (Wildman–Crippen MR) is 60.8 cm³/mol. The van der Waals surface area contributed by atoms with Crippen molar-refractivity contribution >= 4 is 11.8 Å². The van der Waals surface area contributed by atoms with Gasteiger partial charge in [0.15, 0.2) is 0 Å². The molecule has 2 saturated heterocycles. The number of hydrogen-bond acceptors (Lipinski definition) is 2. The Morgan fingerprint density at radius 1 is 1.00 bits per heavy atom. The van der Waals surface area contributed by atoms with E-state index in [1.807, 2.05) is 9.80 Å². The second-order valence-corrected chi connectivity index (χ2v) is 4.84. The molecule has 16 heavy (non-hydrogen) atoms. The van der Waals surface area contributed by atoms with Crippen LogP contribution in [-0.4, -0.2) is 47.8 Å². The van der Waals surface area contributed by atoms with Crippen molar-refractivity contribution in [3.05, 3.63) is 0 Å². The first-order valence-electron chi connectivity index (χ1n) is 6.23. The third-order valence-electron chi connectivity index (χ3n) is 3.63. The molecule has 0 aliphatic carbocycles. The van der Waals surface area contributed by atoms with E-state index in [0.717, 1.165) is 45.3 Å². The first-order valence-corrected chi connectivity index (χ1v) is 6.23. The molecule has 2 heterocycles. The highest BCUT2D eigenvalue weighted by Crippen LogP contribution is 2.21. The van der Waals surface area contributed by atoms with Crippen LogP contribution in [0.5, 0.6) is 0 Å². The first kappa shape index (κ1) is 11.4. The number of amides is 2. The summed E-state index contributed by atoms with van der Waals surface area (Å²) in [7, 11) is 0. The van der Waals surface area contributed by atoms with E-state index in [1.54, 1.807) is 6.92 Å². The Bertz CT molecular complexity index is 285. The van der Waals surface area contributed by atoms with Gasteiger partial charge in [0, 0.05) is 33.1 Å². The van der Waals surface area contributed by atoms with Crippen LogP contribution < -0.4 is 0 Å². The number of rotatable bonds is 1. The Morgan fingerprint density at radius 3 is 2.25 bits per heavy atom. The van der Waals surface area contributed by atoms with Crippen molar-refractivity contribution in [1.29, 1.82) is 0 Å². The summed E-state index contributed by atoms with van der Waals surface area (Å²) < 4.78 is 0. The Balaban J connectivity index is 1.93. The maximum absolute atomic E-state index is 12.2. The van der Waals surface area contributed by atoms with Crippen LogP contribution >= 0.6 is 0 Å². The lowest BCUT2D eigenvalue weighted by Crippen LogP contribution is -2.45. The fourth-order valence-electron chi connectivity index (χ4n) is 2.66. The van der Waals surface area contributed by atoms with Crippen LogP contribution in [-0.2, 0) is 9.59 Å². The summed E-state index contributed by atoms with van der Waals surface area (Å²) in [6, 6.07) is 0. The lowest BCUT2D eigenvalue weighted by atomic mass is 9.96. The SMILES string of the molecule is CC(=O)N1CCCC(C(=O)N2CCCC2)C1. The third kappa shape index (κ3) is 2.36. The van der Waals surface area contributed by atoms with Gasteiger partial charge >= 0.3 is 0 Å². The molecule has 0 radical (unpaired) electrons. The molecule has 2 rings (SSSR count).